The first kappa shape index (κ1) is 12.7. The van der Waals surface area contributed by atoms with Gasteiger partial charge in [0.05, 0.1) is 16.6 Å². The van der Waals surface area contributed by atoms with E-state index in [-0.39, 0.29) is 11.8 Å². The molecular formula is C12H14Cl2N2O. The Morgan fingerprint density at radius 3 is 2.88 bits per heavy atom. The summed E-state index contributed by atoms with van der Waals surface area (Å²) in [5, 5.41) is 7.08. The monoisotopic (exact) mass is 272 g/mol. The van der Waals surface area contributed by atoms with E-state index in [4.69, 9.17) is 23.2 Å². The molecule has 1 atom stereocenters. The maximum Gasteiger partial charge on any atom is 0.228 e. The minimum Gasteiger partial charge on any atom is -0.324 e. The molecule has 2 rings (SSSR count). The van der Waals surface area contributed by atoms with Gasteiger partial charge in [0.2, 0.25) is 5.91 Å². The number of amides is 1. The number of rotatable bonds is 2. The van der Waals surface area contributed by atoms with Crippen LogP contribution in [0.5, 0.6) is 0 Å². The molecule has 0 aliphatic carbocycles. The topological polar surface area (TPSA) is 41.1 Å². The Morgan fingerprint density at radius 1 is 1.41 bits per heavy atom. The van der Waals surface area contributed by atoms with Gasteiger partial charge in [0.1, 0.15) is 0 Å². The molecular weight excluding hydrogens is 259 g/mol. The largest absolute Gasteiger partial charge is 0.324 e. The SMILES string of the molecule is O=C(Nc1ccc(Cl)cc1Cl)[C@H]1CCCNC1. The summed E-state index contributed by atoms with van der Waals surface area (Å²) in [5.74, 6) is 0.0388. The lowest BCUT2D eigenvalue weighted by molar-refractivity contribution is -0.120. The minimum atomic E-state index is 0.0152. The second-order valence-corrected chi connectivity index (χ2v) is 5.00. The molecule has 3 nitrogen and oxygen atoms in total. The fraction of sp³-hybridized carbons (Fsp3) is 0.417. The third kappa shape index (κ3) is 3.35. The summed E-state index contributed by atoms with van der Waals surface area (Å²) in [6.45, 7) is 1.72. The molecule has 0 spiro atoms. The fourth-order valence-corrected chi connectivity index (χ4v) is 2.36. The molecule has 1 heterocycles. The van der Waals surface area contributed by atoms with Gasteiger partial charge in [0.25, 0.3) is 0 Å². The average molecular weight is 273 g/mol. The second kappa shape index (κ2) is 5.71. The quantitative estimate of drug-likeness (QED) is 0.869. The first-order valence-electron chi connectivity index (χ1n) is 5.63. The van der Waals surface area contributed by atoms with Crippen molar-refractivity contribution in [2.75, 3.05) is 18.4 Å². The molecule has 0 aromatic heterocycles. The molecule has 92 valence electrons. The summed E-state index contributed by atoms with van der Waals surface area (Å²) in [5.41, 5.74) is 0.617. The van der Waals surface area contributed by atoms with Gasteiger partial charge in [-0.25, -0.2) is 0 Å². The van der Waals surface area contributed by atoms with E-state index < -0.39 is 0 Å². The lowest BCUT2D eigenvalue weighted by Crippen LogP contribution is -2.37. The Hall–Kier alpha value is -0.770. The Morgan fingerprint density at radius 2 is 2.24 bits per heavy atom. The highest BCUT2D eigenvalue weighted by Crippen LogP contribution is 2.26. The van der Waals surface area contributed by atoms with Crippen molar-refractivity contribution in [2.45, 2.75) is 12.8 Å². The number of anilines is 1. The van der Waals surface area contributed by atoms with Crippen LogP contribution >= 0.6 is 23.2 Å². The van der Waals surface area contributed by atoms with E-state index in [1.165, 1.54) is 0 Å². The molecule has 1 aliphatic rings. The van der Waals surface area contributed by atoms with Crippen molar-refractivity contribution in [1.82, 2.24) is 5.32 Å². The molecule has 2 N–H and O–H groups in total. The molecule has 1 fully saturated rings. The van der Waals surface area contributed by atoms with Crippen LogP contribution in [0, 0.1) is 5.92 Å². The normalized spacial score (nSPS) is 20.0. The number of hydrogen-bond donors (Lipinski definition) is 2. The first-order valence-corrected chi connectivity index (χ1v) is 6.39. The van der Waals surface area contributed by atoms with Crippen LogP contribution in [-0.4, -0.2) is 19.0 Å². The van der Waals surface area contributed by atoms with Gasteiger partial charge in [0.15, 0.2) is 0 Å². The van der Waals surface area contributed by atoms with Crippen LogP contribution in [0.25, 0.3) is 0 Å². The van der Waals surface area contributed by atoms with E-state index in [2.05, 4.69) is 10.6 Å². The van der Waals surface area contributed by atoms with Crippen molar-refractivity contribution in [1.29, 1.82) is 0 Å². The zero-order valence-electron chi connectivity index (χ0n) is 9.30. The van der Waals surface area contributed by atoms with E-state index in [0.29, 0.717) is 15.7 Å². The molecule has 1 aliphatic heterocycles. The number of piperidine rings is 1. The second-order valence-electron chi connectivity index (χ2n) is 4.16. The molecule has 17 heavy (non-hydrogen) atoms. The fourth-order valence-electron chi connectivity index (χ4n) is 1.90. The maximum atomic E-state index is 12.0. The molecule has 0 unspecified atom stereocenters. The zero-order valence-corrected chi connectivity index (χ0v) is 10.8. The Labute approximate surface area is 110 Å². The number of halogens is 2. The molecule has 1 saturated heterocycles. The van der Waals surface area contributed by atoms with Crippen LogP contribution in [0.15, 0.2) is 18.2 Å². The van der Waals surface area contributed by atoms with Crippen LogP contribution < -0.4 is 10.6 Å². The molecule has 0 saturated carbocycles. The first-order chi connectivity index (χ1) is 8.16. The van der Waals surface area contributed by atoms with E-state index in [9.17, 15) is 4.79 Å². The minimum absolute atomic E-state index is 0.0152. The van der Waals surface area contributed by atoms with Gasteiger partial charge in [-0.05, 0) is 37.6 Å². The van der Waals surface area contributed by atoms with Crippen LogP contribution in [0.2, 0.25) is 10.0 Å². The molecule has 1 amide bonds. The standard InChI is InChI=1S/C12H14Cl2N2O/c13-9-3-4-11(10(14)6-9)16-12(17)8-2-1-5-15-7-8/h3-4,6,8,15H,1-2,5,7H2,(H,16,17)/t8-/m0/s1. The molecule has 0 bridgehead atoms. The van der Waals surface area contributed by atoms with E-state index in [0.717, 1.165) is 25.9 Å². The maximum absolute atomic E-state index is 12.0. The van der Waals surface area contributed by atoms with Crippen molar-refractivity contribution in [3.63, 3.8) is 0 Å². The van der Waals surface area contributed by atoms with Gasteiger partial charge in [-0.1, -0.05) is 23.2 Å². The highest BCUT2D eigenvalue weighted by molar-refractivity contribution is 6.36. The molecule has 1 aromatic carbocycles. The van der Waals surface area contributed by atoms with Gasteiger partial charge >= 0.3 is 0 Å². The summed E-state index contributed by atoms with van der Waals surface area (Å²) < 4.78 is 0. The highest BCUT2D eigenvalue weighted by atomic mass is 35.5. The van der Waals surface area contributed by atoms with Crippen molar-refractivity contribution >= 4 is 34.8 Å². The van der Waals surface area contributed by atoms with Gasteiger partial charge in [-0.2, -0.15) is 0 Å². The number of nitrogens with one attached hydrogen (secondary N) is 2. The third-order valence-corrected chi connectivity index (χ3v) is 3.40. The Balaban J connectivity index is 2.02. The van der Waals surface area contributed by atoms with E-state index >= 15 is 0 Å². The molecule has 5 heteroatoms. The lowest BCUT2D eigenvalue weighted by Gasteiger charge is -2.22. The smallest absolute Gasteiger partial charge is 0.228 e. The predicted octanol–water partition coefficient (Wildman–Crippen LogP) is 2.93. The number of benzene rings is 1. The van der Waals surface area contributed by atoms with Crippen molar-refractivity contribution in [3.05, 3.63) is 28.2 Å². The molecule has 0 radical (unpaired) electrons. The number of carbonyl (C=O) groups is 1. The number of carbonyl (C=O) groups excluding carboxylic acids is 1. The van der Waals surface area contributed by atoms with Gasteiger partial charge in [-0.15, -0.1) is 0 Å². The Kier molecular flexibility index (Phi) is 4.26. The summed E-state index contributed by atoms with van der Waals surface area (Å²) in [7, 11) is 0. The lowest BCUT2D eigenvalue weighted by atomic mass is 9.99. The van der Waals surface area contributed by atoms with E-state index in [1.54, 1.807) is 18.2 Å². The van der Waals surface area contributed by atoms with Gasteiger partial charge in [-0.3, -0.25) is 4.79 Å². The molecule has 1 aromatic rings. The zero-order chi connectivity index (χ0) is 12.3. The highest BCUT2D eigenvalue weighted by Gasteiger charge is 2.21. The van der Waals surface area contributed by atoms with Gasteiger partial charge < -0.3 is 10.6 Å². The number of hydrogen-bond acceptors (Lipinski definition) is 2. The van der Waals surface area contributed by atoms with Crippen LogP contribution in [0.1, 0.15) is 12.8 Å². The summed E-state index contributed by atoms with van der Waals surface area (Å²) in [6.07, 6.45) is 1.95. The van der Waals surface area contributed by atoms with Crippen LogP contribution in [-0.2, 0) is 4.79 Å². The van der Waals surface area contributed by atoms with Gasteiger partial charge in [0, 0.05) is 11.6 Å². The summed E-state index contributed by atoms with van der Waals surface area (Å²) in [6, 6.07) is 5.05. The Bertz CT molecular complexity index is 417. The van der Waals surface area contributed by atoms with Crippen LogP contribution in [0.3, 0.4) is 0 Å². The third-order valence-electron chi connectivity index (χ3n) is 2.86. The predicted molar refractivity (Wildman–Crippen MR) is 70.7 cm³/mol. The summed E-state index contributed by atoms with van der Waals surface area (Å²) >= 11 is 11.8. The average Bonchev–Trinajstić information content (AvgIpc) is 2.34. The van der Waals surface area contributed by atoms with Crippen molar-refractivity contribution in [3.8, 4) is 0 Å². The van der Waals surface area contributed by atoms with Crippen LogP contribution in [0.4, 0.5) is 5.69 Å². The van der Waals surface area contributed by atoms with Crippen molar-refractivity contribution < 1.29 is 4.79 Å². The summed E-state index contributed by atoms with van der Waals surface area (Å²) in [4.78, 5) is 12.0. The van der Waals surface area contributed by atoms with Crippen molar-refractivity contribution in [2.24, 2.45) is 5.92 Å². The van der Waals surface area contributed by atoms with E-state index in [1.807, 2.05) is 0 Å².